The van der Waals surface area contributed by atoms with Crippen molar-refractivity contribution in [1.82, 2.24) is 30.2 Å². The Morgan fingerprint density at radius 1 is 1.19 bits per heavy atom. The van der Waals surface area contributed by atoms with Crippen molar-refractivity contribution < 1.29 is 5.11 Å². The lowest BCUT2D eigenvalue weighted by atomic mass is 10.2. The number of tetrazole rings is 1. The number of phenolic OH excluding ortho intramolecular Hbond substituents is 1. The standard InChI is InChI=1S/C16H11ClN6O2S/c17-9-1-6-12-13(7-9)18-14(19-15(12)25)8-26-16-20-21-22-23(16)10-2-4-11(24)5-3-10/h1-7,24H,8H2,(H,18,19,25). The van der Waals surface area contributed by atoms with E-state index in [0.29, 0.717) is 38.3 Å². The summed E-state index contributed by atoms with van der Waals surface area (Å²) in [5, 5.41) is 22.5. The lowest BCUT2D eigenvalue weighted by molar-refractivity contribution is 0.475. The van der Waals surface area contributed by atoms with E-state index in [2.05, 4.69) is 25.5 Å². The molecular weight excluding hydrogens is 376 g/mol. The number of aromatic hydroxyl groups is 1. The number of thioether (sulfide) groups is 1. The molecule has 0 fully saturated rings. The Morgan fingerprint density at radius 3 is 2.81 bits per heavy atom. The van der Waals surface area contributed by atoms with Crippen LogP contribution in [-0.2, 0) is 5.75 Å². The second kappa shape index (κ2) is 6.77. The zero-order valence-corrected chi connectivity index (χ0v) is 14.7. The van der Waals surface area contributed by atoms with Gasteiger partial charge in [0.2, 0.25) is 5.16 Å². The first-order valence-electron chi connectivity index (χ1n) is 7.49. The van der Waals surface area contributed by atoms with Crippen molar-refractivity contribution in [2.45, 2.75) is 10.9 Å². The van der Waals surface area contributed by atoms with Crippen molar-refractivity contribution in [3.63, 3.8) is 0 Å². The van der Waals surface area contributed by atoms with Gasteiger partial charge in [-0.2, -0.15) is 4.68 Å². The third-order valence-corrected chi connectivity index (χ3v) is 4.76. The number of rotatable bonds is 4. The minimum absolute atomic E-state index is 0.160. The quantitative estimate of drug-likeness (QED) is 0.518. The SMILES string of the molecule is O=c1[nH]c(CSc2nnnn2-c2ccc(O)cc2)nc2cc(Cl)ccc12. The van der Waals surface area contributed by atoms with Gasteiger partial charge in [0, 0.05) is 5.02 Å². The number of aromatic nitrogens is 6. The predicted octanol–water partition coefficient (Wildman–Crippen LogP) is 2.55. The Hall–Kier alpha value is -2.91. The van der Waals surface area contributed by atoms with Crippen LogP contribution in [0.4, 0.5) is 0 Å². The molecule has 0 spiro atoms. The molecule has 0 aliphatic heterocycles. The molecule has 8 nitrogen and oxygen atoms in total. The zero-order chi connectivity index (χ0) is 18.1. The van der Waals surface area contributed by atoms with Crippen LogP contribution < -0.4 is 5.56 Å². The van der Waals surface area contributed by atoms with Gasteiger partial charge in [-0.25, -0.2) is 4.98 Å². The summed E-state index contributed by atoms with van der Waals surface area (Å²) in [7, 11) is 0. The summed E-state index contributed by atoms with van der Waals surface area (Å²) >= 11 is 7.30. The molecule has 0 bridgehead atoms. The van der Waals surface area contributed by atoms with Gasteiger partial charge in [0.15, 0.2) is 0 Å². The van der Waals surface area contributed by atoms with Gasteiger partial charge in [-0.15, -0.1) is 5.10 Å². The summed E-state index contributed by atoms with van der Waals surface area (Å²) in [4.78, 5) is 19.4. The number of H-pyrrole nitrogens is 1. The molecule has 130 valence electrons. The lowest BCUT2D eigenvalue weighted by Gasteiger charge is -2.05. The maximum atomic E-state index is 12.2. The monoisotopic (exact) mass is 386 g/mol. The predicted molar refractivity (Wildman–Crippen MR) is 97.8 cm³/mol. The molecule has 2 aromatic heterocycles. The van der Waals surface area contributed by atoms with E-state index in [9.17, 15) is 9.90 Å². The Labute approximate surface area is 155 Å². The molecule has 4 rings (SSSR count). The van der Waals surface area contributed by atoms with E-state index in [-0.39, 0.29) is 11.3 Å². The van der Waals surface area contributed by atoms with Gasteiger partial charge in [-0.1, -0.05) is 23.4 Å². The zero-order valence-electron chi connectivity index (χ0n) is 13.1. The van der Waals surface area contributed by atoms with E-state index in [1.54, 1.807) is 47.1 Å². The summed E-state index contributed by atoms with van der Waals surface area (Å²) in [6, 6.07) is 11.5. The number of fused-ring (bicyclic) bond motifs is 1. The highest BCUT2D eigenvalue weighted by atomic mass is 35.5. The number of benzene rings is 2. The third-order valence-electron chi connectivity index (χ3n) is 3.59. The Balaban J connectivity index is 1.60. The molecular formula is C16H11ClN6O2S. The minimum Gasteiger partial charge on any atom is -0.508 e. The normalized spacial score (nSPS) is 11.1. The number of nitrogens with zero attached hydrogens (tertiary/aromatic N) is 5. The highest BCUT2D eigenvalue weighted by Gasteiger charge is 2.11. The number of nitrogens with one attached hydrogen (secondary N) is 1. The third kappa shape index (κ3) is 3.26. The molecule has 2 aromatic carbocycles. The van der Waals surface area contributed by atoms with Gasteiger partial charge >= 0.3 is 0 Å². The maximum absolute atomic E-state index is 12.2. The fourth-order valence-electron chi connectivity index (χ4n) is 2.39. The number of aromatic amines is 1. The maximum Gasteiger partial charge on any atom is 0.258 e. The van der Waals surface area contributed by atoms with Crippen LogP contribution >= 0.6 is 23.4 Å². The topological polar surface area (TPSA) is 110 Å². The lowest BCUT2D eigenvalue weighted by Crippen LogP contribution is -2.11. The van der Waals surface area contributed by atoms with E-state index in [4.69, 9.17) is 11.6 Å². The number of phenols is 1. The molecule has 0 saturated carbocycles. The molecule has 0 atom stereocenters. The molecule has 4 aromatic rings. The molecule has 0 radical (unpaired) electrons. The van der Waals surface area contributed by atoms with Crippen LogP contribution in [0.5, 0.6) is 5.75 Å². The van der Waals surface area contributed by atoms with Crippen LogP contribution in [0.2, 0.25) is 5.02 Å². The highest BCUT2D eigenvalue weighted by molar-refractivity contribution is 7.98. The molecule has 0 unspecified atom stereocenters. The van der Waals surface area contributed by atoms with Crippen LogP contribution in [0.15, 0.2) is 52.4 Å². The second-order valence-corrected chi connectivity index (χ2v) is 6.73. The molecule has 10 heteroatoms. The minimum atomic E-state index is -0.222. The number of halogens is 1. The first kappa shape index (κ1) is 16.6. The first-order valence-corrected chi connectivity index (χ1v) is 8.85. The van der Waals surface area contributed by atoms with Crippen molar-refractivity contribution in [1.29, 1.82) is 0 Å². The molecule has 2 heterocycles. The molecule has 0 aliphatic rings. The van der Waals surface area contributed by atoms with Crippen molar-refractivity contribution in [2.75, 3.05) is 0 Å². The van der Waals surface area contributed by atoms with Gasteiger partial charge in [-0.3, -0.25) is 4.79 Å². The van der Waals surface area contributed by atoms with E-state index in [1.165, 1.54) is 11.8 Å². The Morgan fingerprint density at radius 2 is 2.00 bits per heavy atom. The first-order chi connectivity index (χ1) is 12.6. The van der Waals surface area contributed by atoms with Gasteiger partial charge in [0.1, 0.15) is 11.6 Å². The van der Waals surface area contributed by atoms with Crippen LogP contribution in [0, 0.1) is 0 Å². The summed E-state index contributed by atoms with van der Waals surface area (Å²) < 4.78 is 1.54. The van der Waals surface area contributed by atoms with E-state index in [1.807, 2.05) is 0 Å². The smallest absolute Gasteiger partial charge is 0.258 e. The fourth-order valence-corrected chi connectivity index (χ4v) is 3.31. The summed E-state index contributed by atoms with van der Waals surface area (Å²) in [6.07, 6.45) is 0. The van der Waals surface area contributed by atoms with Crippen LogP contribution in [0.3, 0.4) is 0 Å². The number of hydrogen-bond donors (Lipinski definition) is 2. The summed E-state index contributed by atoms with van der Waals surface area (Å²) in [5.74, 6) is 1.03. The van der Waals surface area contributed by atoms with Gasteiger partial charge in [0.25, 0.3) is 5.56 Å². The van der Waals surface area contributed by atoms with Gasteiger partial charge < -0.3 is 10.1 Å². The average Bonchev–Trinajstić information content (AvgIpc) is 3.09. The highest BCUT2D eigenvalue weighted by Crippen LogP contribution is 2.23. The fraction of sp³-hybridized carbons (Fsp3) is 0.0625. The van der Waals surface area contributed by atoms with Crippen LogP contribution in [-0.4, -0.2) is 35.3 Å². The largest absolute Gasteiger partial charge is 0.508 e. The molecule has 0 saturated heterocycles. The molecule has 26 heavy (non-hydrogen) atoms. The molecule has 0 amide bonds. The number of hydrogen-bond acceptors (Lipinski definition) is 7. The van der Waals surface area contributed by atoms with Crippen molar-refractivity contribution in [3.8, 4) is 11.4 Å². The second-order valence-electron chi connectivity index (χ2n) is 5.35. The molecule has 0 aliphatic carbocycles. The summed E-state index contributed by atoms with van der Waals surface area (Å²) in [6.45, 7) is 0. The molecule has 2 N–H and O–H groups in total. The van der Waals surface area contributed by atoms with Gasteiger partial charge in [0.05, 0.1) is 22.3 Å². The van der Waals surface area contributed by atoms with Crippen molar-refractivity contribution in [2.24, 2.45) is 0 Å². The van der Waals surface area contributed by atoms with Crippen molar-refractivity contribution in [3.05, 3.63) is 63.7 Å². The Kier molecular flexibility index (Phi) is 4.31. The van der Waals surface area contributed by atoms with Gasteiger partial charge in [-0.05, 0) is 52.9 Å². The van der Waals surface area contributed by atoms with Crippen LogP contribution in [0.1, 0.15) is 5.82 Å². The van der Waals surface area contributed by atoms with Crippen molar-refractivity contribution >= 4 is 34.3 Å². The van der Waals surface area contributed by atoms with E-state index < -0.39 is 0 Å². The van der Waals surface area contributed by atoms with Crippen LogP contribution in [0.25, 0.3) is 16.6 Å². The van der Waals surface area contributed by atoms with E-state index in [0.717, 1.165) is 0 Å². The van der Waals surface area contributed by atoms with E-state index >= 15 is 0 Å². The average molecular weight is 387 g/mol. The Bertz CT molecular complexity index is 1140. The summed E-state index contributed by atoms with van der Waals surface area (Å²) in [5.41, 5.74) is 1.03.